The number of aromatic nitrogens is 1. The molecule has 1 aromatic carbocycles. The Morgan fingerprint density at radius 1 is 1.41 bits per heavy atom. The van der Waals surface area contributed by atoms with Gasteiger partial charge in [-0.2, -0.15) is 0 Å². The van der Waals surface area contributed by atoms with Gasteiger partial charge in [0.2, 0.25) is 0 Å². The Bertz CT molecular complexity index is 495. The van der Waals surface area contributed by atoms with Crippen LogP contribution in [0.1, 0.15) is 33.1 Å². The highest BCUT2D eigenvalue weighted by molar-refractivity contribution is 7.16. The summed E-state index contributed by atoms with van der Waals surface area (Å²) in [5.41, 5.74) is 3.86. The first-order chi connectivity index (χ1) is 8.26. The fourth-order valence-electron chi connectivity index (χ4n) is 1.97. The molecular formula is C13H17ClN2S. The maximum absolute atomic E-state index is 6.26. The van der Waals surface area contributed by atoms with Gasteiger partial charge in [0.25, 0.3) is 0 Å². The van der Waals surface area contributed by atoms with Gasteiger partial charge < -0.3 is 5.32 Å². The molecule has 1 heterocycles. The number of nitrogens with one attached hydrogen (secondary N) is 1. The number of halogens is 1. The van der Waals surface area contributed by atoms with Crippen LogP contribution in [0.2, 0.25) is 5.02 Å². The summed E-state index contributed by atoms with van der Waals surface area (Å²) in [5, 5.41) is 4.30. The highest BCUT2D eigenvalue weighted by Gasteiger charge is 2.12. The van der Waals surface area contributed by atoms with Crippen LogP contribution >= 0.6 is 22.9 Å². The smallest absolute Gasteiger partial charge is 0.106 e. The van der Waals surface area contributed by atoms with Gasteiger partial charge in [0.05, 0.1) is 20.9 Å². The van der Waals surface area contributed by atoms with Crippen molar-refractivity contribution < 1.29 is 0 Å². The van der Waals surface area contributed by atoms with Crippen molar-refractivity contribution >= 4 is 38.8 Å². The largest absolute Gasteiger partial charge is 0.379 e. The Hall–Kier alpha value is -0.800. The second-order valence-corrected chi connectivity index (χ2v) is 5.45. The van der Waals surface area contributed by atoms with Gasteiger partial charge >= 0.3 is 0 Å². The van der Waals surface area contributed by atoms with Crippen LogP contribution in [0.15, 0.2) is 17.6 Å². The molecule has 1 N–H and O–H groups in total. The summed E-state index contributed by atoms with van der Waals surface area (Å²) >= 11 is 7.91. The van der Waals surface area contributed by atoms with Gasteiger partial charge in [-0.1, -0.05) is 31.9 Å². The third-order valence-electron chi connectivity index (χ3n) is 2.93. The van der Waals surface area contributed by atoms with E-state index in [0.29, 0.717) is 6.04 Å². The summed E-state index contributed by atoms with van der Waals surface area (Å²) in [7, 11) is 0. The third kappa shape index (κ3) is 2.72. The van der Waals surface area contributed by atoms with E-state index in [1.54, 1.807) is 11.3 Å². The Morgan fingerprint density at radius 2 is 2.24 bits per heavy atom. The molecule has 0 fully saturated rings. The molecule has 92 valence electrons. The minimum absolute atomic E-state index is 0.477. The molecular weight excluding hydrogens is 252 g/mol. The second kappa shape index (κ2) is 5.69. The second-order valence-electron chi connectivity index (χ2n) is 4.16. The van der Waals surface area contributed by atoms with E-state index in [9.17, 15) is 0 Å². The van der Waals surface area contributed by atoms with Crippen molar-refractivity contribution in [3.8, 4) is 0 Å². The first-order valence-corrected chi connectivity index (χ1v) is 7.30. The molecule has 4 heteroatoms. The number of rotatable bonds is 5. The lowest BCUT2D eigenvalue weighted by Crippen LogP contribution is -2.18. The number of benzene rings is 1. The molecule has 0 bridgehead atoms. The van der Waals surface area contributed by atoms with Crippen molar-refractivity contribution in [3.63, 3.8) is 0 Å². The predicted octanol–water partition coefficient (Wildman–Crippen LogP) is 4.94. The van der Waals surface area contributed by atoms with Crippen molar-refractivity contribution in [1.29, 1.82) is 0 Å². The highest BCUT2D eigenvalue weighted by atomic mass is 35.5. The molecule has 2 rings (SSSR count). The number of thiazole rings is 1. The van der Waals surface area contributed by atoms with Crippen LogP contribution < -0.4 is 5.32 Å². The topological polar surface area (TPSA) is 24.9 Å². The molecule has 0 aliphatic rings. The molecule has 2 nitrogen and oxygen atoms in total. The number of fused-ring (bicyclic) bond motifs is 1. The Kier molecular flexibility index (Phi) is 4.24. The van der Waals surface area contributed by atoms with Gasteiger partial charge in [0.15, 0.2) is 0 Å². The Morgan fingerprint density at radius 3 is 2.94 bits per heavy atom. The minimum atomic E-state index is 0.477. The van der Waals surface area contributed by atoms with E-state index in [-0.39, 0.29) is 0 Å². The zero-order chi connectivity index (χ0) is 12.3. The molecule has 17 heavy (non-hydrogen) atoms. The van der Waals surface area contributed by atoms with Crippen molar-refractivity contribution in [3.05, 3.63) is 22.7 Å². The van der Waals surface area contributed by atoms with Crippen LogP contribution in [-0.2, 0) is 0 Å². The van der Waals surface area contributed by atoms with Crippen LogP contribution in [0.25, 0.3) is 10.2 Å². The van der Waals surface area contributed by atoms with Crippen LogP contribution in [0.5, 0.6) is 0 Å². The minimum Gasteiger partial charge on any atom is -0.379 e. The lowest BCUT2D eigenvalue weighted by molar-refractivity contribution is 0.623. The zero-order valence-corrected chi connectivity index (χ0v) is 11.7. The van der Waals surface area contributed by atoms with Gasteiger partial charge in [-0.05, 0) is 25.0 Å². The lowest BCUT2D eigenvalue weighted by atomic mass is 10.1. The van der Waals surface area contributed by atoms with E-state index in [1.807, 2.05) is 17.6 Å². The number of nitrogens with zero attached hydrogens (tertiary/aromatic N) is 1. The van der Waals surface area contributed by atoms with Gasteiger partial charge in [0.1, 0.15) is 5.52 Å². The average molecular weight is 269 g/mol. The van der Waals surface area contributed by atoms with Crippen molar-refractivity contribution in [1.82, 2.24) is 4.98 Å². The molecule has 0 aliphatic heterocycles. The highest BCUT2D eigenvalue weighted by Crippen LogP contribution is 2.33. The van der Waals surface area contributed by atoms with E-state index in [0.717, 1.165) is 29.1 Å². The molecule has 0 saturated heterocycles. The maximum atomic E-state index is 6.26. The summed E-state index contributed by atoms with van der Waals surface area (Å²) < 4.78 is 1.18. The molecule has 1 atom stereocenters. The first kappa shape index (κ1) is 12.7. The molecule has 0 aliphatic carbocycles. The summed E-state index contributed by atoms with van der Waals surface area (Å²) in [6.45, 7) is 4.40. The van der Waals surface area contributed by atoms with E-state index in [1.165, 1.54) is 11.1 Å². The standard InChI is InChI=1S/C13H17ClN2S/c1-3-5-9(4-2)16-12-10(14)6-7-11-13(12)15-8-17-11/h6-9,16H,3-5H2,1-2H3. The molecule has 0 radical (unpaired) electrons. The Balaban J connectivity index is 2.33. The van der Waals surface area contributed by atoms with E-state index in [4.69, 9.17) is 11.6 Å². The number of hydrogen-bond donors (Lipinski definition) is 1. The van der Waals surface area contributed by atoms with Crippen LogP contribution in [-0.4, -0.2) is 11.0 Å². The monoisotopic (exact) mass is 268 g/mol. The lowest BCUT2D eigenvalue weighted by Gasteiger charge is -2.18. The van der Waals surface area contributed by atoms with E-state index >= 15 is 0 Å². The first-order valence-electron chi connectivity index (χ1n) is 6.04. The van der Waals surface area contributed by atoms with E-state index in [2.05, 4.69) is 24.1 Å². The average Bonchev–Trinajstić information content (AvgIpc) is 2.80. The fourth-order valence-corrected chi connectivity index (χ4v) is 2.87. The van der Waals surface area contributed by atoms with Crippen LogP contribution in [0.3, 0.4) is 0 Å². The molecule has 0 saturated carbocycles. The van der Waals surface area contributed by atoms with Gasteiger partial charge in [-0.15, -0.1) is 11.3 Å². The quantitative estimate of drug-likeness (QED) is 0.831. The maximum Gasteiger partial charge on any atom is 0.106 e. The summed E-state index contributed by atoms with van der Waals surface area (Å²) in [5.74, 6) is 0. The normalized spacial score (nSPS) is 12.9. The van der Waals surface area contributed by atoms with Crippen molar-refractivity contribution in [2.45, 2.75) is 39.2 Å². The van der Waals surface area contributed by atoms with Crippen LogP contribution in [0.4, 0.5) is 5.69 Å². The Labute approximate surface area is 111 Å². The third-order valence-corrected chi connectivity index (χ3v) is 4.04. The van der Waals surface area contributed by atoms with Gasteiger partial charge in [-0.3, -0.25) is 0 Å². The summed E-state index contributed by atoms with van der Waals surface area (Å²) in [6, 6.07) is 4.45. The molecule has 1 unspecified atom stereocenters. The SMILES string of the molecule is CCCC(CC)Nc1c(Cl)ccc2scnc12. The summed E-state index contributed by atoms with van der Waals surface area (Å²) in [4.78, 5) is 4.40. The van der Waals surface area contributed by atoms with Gasteiger partial charge in [0, 0.05) is 6.04 Å². The summed E-state index contributed by atoms with van der Waals surface area (Å²) in [6.07, 6.45) is 3.44. The van der Waals surface area contributed by atoms with Crippen molar-refractivity contribution in [2.75, 3.05) is 5.32 Å². The number of hydrogen-bond acceptors (Lipinski definition) is 3. The van der Waals surface area contributed by atoms with Crippen LogP contribution in [0, 0.1) is 0 Å². The zero-order valence-electron chi connectivity index (χ0n) is 10.2. The molecule has 2 aromatic rings. The molecule has 0 spiro atoms. The van der Waals surface area contributed by atoms with E-state index < -0.39 is 0 Å². The fraction of sp³-hybridized carbons (Fsp3) is 0.462. The predicted molar refractivity (Wildman–Crippen MR) is 77.2 cm³/mol. The molecule has 1 aromatic heterocycles. The molecule has 0 amide bonds. The number of anilines is 1. The van der Waals surface area contributed by atoms with Crippen molar-refractivity contribution in [2.24, 2.45) is 0 Å². The van der Waals surface area contributed by atoms with Gasteiger partial charge in [-0.25, -0.2) is 4.98 Å².